The van der Waals surface area contributed by atoms with E-state index in [0.717, 1.165) is 50.2 Å². The van der Waals surface area contributed by atoms with Crippen molar-refractivity contribution in [2.75, 3.05) is 39.5 Å². The molecule has 5 amide bonds. The van der Waals surface area contributed by atoms with Crippen LogP contribution in [0.15, 0.2) is 70.7 Å². The molecule has 3 aliphatic carbocycles. The number of benzene rings is 1. The SMILES string of the molecule is CCC1=C(c2cnn(CC(=O)NCCOCCOCCNC3=CCC(C)C4=C3C(=O)N(C3CCC(=O)NC3=O)C4=O)c2)CC2(C)C(=C1)C(=O)c1c([nH]c3cc(C#N)ccc13)C2(C)C. The molecule has 0 spiro atoms. The van der Waals surface area contributed by atoms with Crippen LogP contribution >= 0.6 is 0 Å². The number of rotatable bonds is 15. The molecule has 3 aromatic rings. The van der Waals surface area contributed by atoms with Crippen molar-refractivity contribution in [3.8, 4) is 6.07 Å². The molecule has 0 saturated carbocycles. The first-order valence-corrected chi connectivity index (χ1v) is 21.6. The Morgan fingerprint density at radius 3 is 2.54 bits per heavy atom. The van der Waals surface area contributed by atoms with Gasteiger partial charge in [0, 0.05) is 75.5 Å². The summed E-state index contributed by atoms with van der Waals surface area (Å²) in [4.78, 5) is 82.6. The monoisotopic (exact) mass is 856 g/mol. The van der Waals surface area contributed by atoms with E-state index in [1.807, 2.05) is 25.3 Å². The topological polar surface area (TPSA) is 218 Å². The lowest BCUT2D eigenvalue weighted by Gasteiger charge is -2.51. The average Bonchev–Trinajstić information content (AvgIpc) is 3.96. The summed E-state index contributed by atoms with van der Waals surface area (Å²) >= 11 is 0. The maximum Gasteiger partial charge on any atom is 0.264 e. The number of allylic oxidation sites excluding steroid dienone is 5. The smallest absolute Gasteiger partial charge is 0.264 e. The molecule has 2 aliphatic heterocycles. The van der Waals surface area contributed by atoms with Crippen LogP contribution in [0.25, 0.3) is 16.5 Å². The molecule has 1 aromatic carbocycles. The number of nitrogens with zero attached hydrogens (tertiary/aromatic N) is 4. The van der Waals surface area contributed by atoms with Crippen LogP contribution in [0.2, 0.25) is 0 Å². The Hall–Kier alpha value is -6.44. The fourth-order valence-electron chi connectivity index (χ4n) is 9.66. The van der Waals surface area contributed by atoms with E-state index in [1.165, 1.54) is 0 Å². The van der Waals surface area contributed by atoms with E-state index in [-0.39, 0.29) is 49.2 Å². The Labute approximate surface area is 364 Å². The first kappa shape index (κ1) is 43.2. The number of carbonyl (C=O) groups excluding carboxylic acids is 6. The van der Waals surface area contributed by atoms with Crippen molar-refractivity contribution in [1.29, 1.82) is 5.26 Å². The summed E-state index contributed by atoms with van der Waals surface area (Å²) in [6.45, 7) is 12.3. The highest BCUT2D eigenvalue weighted by Gasteiger charge is 2.55. The number of aromatic amines is 1. The molecule has 16 heteroatoms. The molecule has 1 saturated heterocycles. The van der Waals surface area contributed by atoms with Gasteiger partial charge in [0.15, 0.2) is 5.78 Å². The van der Waals surface area contributed by atoms with E-state index < -0.39 is 40.5 Å². The lowest BCUT2D eigenvalue weighted by Crippen LogP contribution is -2.54. The lowest BCUT2D eigenvalue weighted by molar-refractivity contribution is -0.150. The number of fused-ring (bicyclic) bond motifs is 4. The lowest BCUT2D eigenvalue weighted by atomic mass is 9.51. The number of ether oxygens (including phenoxy) is 2. The fraction of sp³-hybridized carbons (Fsp3) is 0.447. The minimum absolute atomic E-state index is 0.0103. The number of amides is 5. The average molecular weight is 857 g/mol. The molecule has 2 aromatic heterocycles. The summed E-state index contributed by atoms with van der Waals surface area (Å²) in [5.74, 6) is -2.47. The summed E-state index contributed by atoms with van der Waals surface area (Å²) < 4.78 is 13.0. The number of aromatic nitrogens is 3. The molecule has 3 atom stereocenters. The highest BCUT2D eigenvalue weighted by molar-refractivity contribution is 6.24. The van der Waals surface area contributed by atoms with E-state index in [4.69, 9.17) is 9.47 Å². The molecule has 16 nitrogen and oxygen atoms in total. The van der Waals surface area contributed by atoms with Crippen molar-refractivity contribution in [3.63, 3.8) is 0 Å². The molecular weight excluding hydrogens is 805 g/mol. The number of Topliss-reactive ketones (excluding diaryl/α,β-unsaturated/α-hetero) is 1. The third-order valence-electron chi connectivity index (χ3n) is 13.5. The number of hydrogen-bond acceptors (Lipinski definition) is 11. The second kappa shape index (κ2) is 17.0. The van der Waals surface area contributed by atoms with Crippen LogP contribution in [0.4, 0.5) is 0 Å². The minimum atomic E-state index is -1.02. The largest absolute Gasteiger partial charge is 0.382 e. The quantitative estimate of drug-likeness (QED) is 0.126. The highest BCUT2D eigenvalue weighted by Crippen LogP contribution is 2.59. The van der Waals surface area contributed by atoms with Gasteiger partial charge in [0.2, 0.25) is 17.7 Å². The van der Waals surface area contributed by atoms with Crippen molar-refractivity contribution < 1.29 is 38.2 Å². The predicted octanol–water partition coefficient (Wildman–Crippen LogP) is 4.04. The number of H-pyrrole nitrogens is 1. The maximum absolute atomic E-state index is 14.3. The zero-order valence-electron chi connectivity index (χ0n) is 36.2. The first-order chi connectivity index (χ1) is 30.2. The van der Waals surface area contributed by atoms with Crippen LogP contribution in [-0.2, 0) is 45.4 Å². The molecule has 4 N–H and O–H groups in total. The van der Waals surface area contributed by atoms with Gasteiger partial charge in [-0.05, 0) is 54.9 Å². The number of nitriles is 1. The number of piperidine rings is 1. The zero-order valence-corrected chi connectivity index (χ0v) is 36.2. The Morgan fingerprint density at radius 1 is 1.05 bits per heavy atom. The first-order valence-electron chi connectivity index (χ1n) is 21.6. The molecule has 8 rings (SSSR count). The molecule has 0 radical (unpaired) electrons. The Balaban J connectivity index is 0.776. The van der Waals surface area contributed by atoms with Gasteiger partial charge in [0.05, 0.1) is 55.4 Å². The van der Waals surface area contributed by atoms with Crippen LogP contribution in [0.5, 0.6) is 0 Å². The van der Waals surface area contributed by atoms with Crippen molar-refractivity contribution in [3.05, 3.63) is 93.1 Å². The minimum Gasteiger partial charge on any atom is -0.382 e. The molecule has 0 bridgehead atoms. The normalized spacial score (nSPS) is 23.0. The van der Waals surface area contributed by atoms with Crippen molar-refractivity contribution in [2.24, 2.45) is 11.3 Å². The van der Waals surface area contributed by atoms with Gasteiger partial charge < -0.3 is 25.1 Å². The van der Waals surface area contributed by atoms with Gasteiger partial charge in [-0.25, -0.2) is 0 Å². The summed E-state index contributed by atoms with van der Waals surface area (Å²) in [6.07, 6.45) is 9.65. The van der Waals surface area contributed by atoms with Crippen LogP contribution in [-0.4, -0.2) is 101 Å². The van der Waals surface area contributed by atoms with Crippen molar-refractivity contribution >= 4 is 51.8 Å². The molecule has 4 heterocycles. The third kappa shape index (κ3) is 7.63. The molecule has 328 valence electrons. The van der Waals surface area contributed by atoms with E-state index in [0.29, 0.717) is 68.1 Å². The van der Waals surface area contributed by atoms with Crippen LogP contribution < -0.4 is 16.0 Å². The molecular formula is C47H52N8O8. The van der Waals surface area contributed by atoms with Crippen LogP contribution in [0, 0.1) is 22.7 Å². The second-order valence-electron chi connectivity index (χ2n) is 17.5. The van der Waals surface area contributed by atoms with Crippen LogP contribution in [0.1, 0.15) is 93.9 Å². The van der Waals surface area contributed by atoms with Gasteiger partial charge in [-0.2, -0.15) is 10.4 Å². The van der Waals surface area contributed by atoms with Gasteiger partial charge >= 0.3 is 0 Å². The molecule has 63 heavy (non-hydrogen) atoms. The second-order valence-corrected chi connectivity index (χ2v) is 17.5. The fourth-order valence-corrected chi connectivity index (χ4v) is 9.66. The maximum atomic E-state index is 14.3. The number of hydrogen-bond donors (Lipinski definition) is 4. The molecule has 3 unspecified atom stereocenters. The van der Waals surface area contributed by atoms with Gasteiger partial charge in [-0.1, -0.05) is 52.8 Å². The van der Waals surface area contributed by atoms with Gasteiger partial charge in [0.1, 0.15) is 12.6 Å². The number of nitrogens with one attached hydrogen (secondary N) is 4. The number of carbonyl (C=O) groups is 6. The summed E-state index contributed by atoms with van der Waals surface area (Å²) in [7, 11) is 0. The molecule has 5 aliphatic rings. The third-order valence-corrected chi connectivity index (χ3v) is 13.5. The van der Waals surface area contributed by atoms with E-state index in [9.17, 15) is 34.0 Å². The Kier molecular flexibility index (Phi) is 11.7. The van der Waals surface area contributed by atoms with Crippen LogP contribution in [0.3, 0.4) is 0 Å². The van der Waals surface area contributed by atoms with E-state index in [1.54, 1.807) is 23.0 Å². The highest BCUT2D eigenvalue weighted by atomic mass is 16.5. The van der Waals surface area contributed by atoms with Crippen molar-refractivity contribution in [1.82, 2.24) is 35.6 Å². The Morgan fingerprint density at radius 2 is 1.81 bits per heavy atom. The number of imide groups is 2. The summed E-state index contributed by atoms with van der Waals surface area (Å²) in [6, 6.07) is 6.59. The zero-order chi connectivity index (χ0) is 44.8. The number of ketones is 1. The Bertz CT molecular complexity index is 2640. The van der Waals surface area contributed by atoms with Gasteiger partial charge in [0.25, 0.3) is 11.8 Å². The molecule has 1 fully saturated rings. The summed E-state index contributed by atoms with van der Waals surface area (Å²) in [5, 5.41) is 23.1. The van der Waals surface area contributed by atoms with Gasteiger partial charge in [-0.3, -0.25) is 43.7 Å². The van der Waals surface area contributed by atoms with Crippen molar-refractivity contribution in [2.45, 2.75) is 84.7 Å². The predicted molar refractivity (Wildman–Crippen MR) is 230 cm³/mol. The van der Waals surface area contributed by atoms with Gasteiger partial charge in [-0.15, -0.1) is 0 Å². The summed E-state index contributed by atoms with van der Waals surface area (Å²) in [5.41, 5.74) is 6.91. The van der Waals surface area contributed by atoms with E-state index >= 15 is 0 Å². The standard InChI is InChI=1S/C47H52N8O8/c1-6-28-20-32-41(58)39-30-9-8-27(22-48)19-34(30)52-42(39)46(3,4)47(32,5)21-31(28)29-23-51-54(24-29)25-37(57)50-14-16-63-18-17-62-15-13-49-33-10-7-26(2)38-40(33)45(61)55(44(38)60)35-11-12-36(56)53-43(35)59/h8-10,19-20,23-24,26,35,49,52H,6-7,11-18,21,25H2,1-5H3,(H,50,57)(H,53,56,59). The van der Waals surface area contributed by atoms with E-state index in [2.05, 4.69) is 65.9 Å².